The number of likely N-dealkylation sites (N-methyl/N-ethyl adjacent to an activating group) is 1. The first-order valence-corrected chi connectivity index (χ1v) is 6.22. The maximum Gasteiger partial charge on any atom is 0.0876 e. The molecule has 0 saturated heterocycles. The van der Waals surface area contributed by atoms with Gasteiger partial charge in [-0.1, -0.05) is 6.92 Å². The number of hydrogen-bond donors (Lipinski definition) is 1. The van der Waals surface area contributed by atoms with E-state index in [1.54, 1.807) is 11.3 Å². The van der Waals surface area contributed by atoms with E-state index in [9.17, 15) is 0 Å². The predicted octanol–water partition coefficient (Wildman–Crippen LogP) is 2.49. The summed E-state index contributed by atoms with van der Waals surface area (Å²) in [5.74, 6) is 0. The van der Waals surface area contributed by atoms with Crippen LogP contribution in [-0.4, -0.2) is 18.1 Å². The van der Waals surface area contributed by atoms with Crippen molar-refractivity contribution in [2.45, 2.75) is 25.8 Å². The van der Waals surface area contributed by atoms with Crippen LogP contribution in [0.4, 0.5) is 0 Å². The molecule has 0 amide bonds. The molecule has 0 spiro atoms. The van der Waals surface area contributed by atoms with Crippen molar-refractivity contribution in [3.63, 3.8) is 0 Å². The van der Waals surface area contributed by atoms with Crippen LogP contribution in [0.3, 0.4) is 0 Å². The molecular formula is C11H16N2OS. The first kappa shape index (κ1) is 10.6. The van der Waals surface area contributed by atoms with Crippen molar-refractivity contribution in [1.82, 2.24) is 10.3 Å². The van der Waals surface area contributed by atoms with Gasteiger partial charge >= 0.3 is 0 Å². The Morgan fingerprint density at radius 1 is 1.67 bits per heavy atom. The molecule has 0 fully saturated rings. The standard InChI is InChI=1S/C11H16N2OS/c1-2-13-11(10-6-12-8-15-10)9-4-3-5-14-7-9/h6-8,11,13H,2-5H2,1H3. The molecule has 1 atom stereocenters. The van der Waals surface area contributed by atoms with Crippen LogP contribution >= 0.6 is 11.3 Å². The zero-order chi connectivity index (χ0) is 10.5. The van der Waals surface area contributed by atoms with Gasteiger partial charge in [0.05, 0.1) is 24.4 Å². The maximum absolute atomic E-state index is 5.39. The smallest absolute Gasteiger partial charge is 0.0876 e. The lowest BCUT2D eigenvalue weighted by Gasteiger charge is -2.22. The topological polar surface area (TPSA) is 34.1 Å². The number of ether oxygens (including phenoxy) is 1. The van der Waals surface area contributed by atoms with E-state index in [-0.39, 0.29) is 0 Å². The van der Waals surface area contributed by atoms with Crippen molar-refractivity contribution in [3.05, 3.63) is 28.4 Å². The van der Waals surface area contributed by atoms with Gasteiger partial charge in [0.15, 0.2) is 0 Å². The Morgan fingerprint density at radius 2 is 2.60 bits per heavy atom. The number of rotatable bonds is 4. The molecule has 1 aromatic heterocycles. The van der Waals surface area contributed by atoms with Crippen molar-refractivity contribution in [3.8, 4) is 0 Å². The van der Waals surface area contributed by atoms with Gasteiger partial charge in [-0.05, 0) is 25.0 Å². The fourth-order valence-corrected chi connectivity index (χ4v) is 2.52. The quantitative estimate of drug-likeness (QED) is 0.853. The number of nitrogens with zero attached hydrogens (tertiary/aromatic N) is 1. The highest BCUT2D eigenvalue weighted by molar-refractivity contribution is 7.09. The molecule has 1 aliphatic heterocycles. The van der Waals surface area contributed by atoms with Crippen molar-refractivity contribution in [2.75, 3.05) is 13.2 Å². The van der Waals surface area contributed by atoms with Crippen LogP contribution in [-0.2, 0) is 4.74 Å². The minimum absolute atomic E-state index is 0.294. The van der Waals surface area contributed by atoms with Gasteiger partial charge in [0, 0.05) is 11.1 Å². The molecule has 0 saturated carbocycles. The second-order valence-electron chi connectivity index (χ2n) is 3.56. The van der Waals surface area contributed by atoms with Gasteiger partial charge < -0.3 is 10.1 Å². The molecule has 1 aromatic rings. The molecule has 15 heavy (non-hydrogen) atoms. The summed E-state index contributed by atoms with van der Waals surface area (Å²) in [5, 5.41) is 3.48. The molecule has 82 valence electrons. The molecular weight excluding hydrogens is 208 g/mol. The summed E-state index contributed by atoms with van der Waals surface area (Å²) in [7, 11) is 0. The van der Waals surface area contributed by atoms with E-state index in [0.717, 1.165) is 26.0 Å². The zero-order valence-corrected chi connectivity index (χ0v) is 9.72. The highest BCUT2D eigenvalue weighted by Gasteiger charge is 2.19. The first-order chi connectivity index (χ1) is 7.42. The third-order valence-corrected chi connectivity index (χ3v) is 3.32. The average Bonchev–Trinajstić information content (AvgIpc) is 2.80. The van der Waals surface area contributed by atoms with E-state index in [1.165, 1.54) is 10.5 Å². The van der Waals surface area contributed by atoms with Crippen molar-refractivity contribution in [2.24, 2.45) is 0 Å². The maximum atomic E-state index is 5.39. The van der Waals surface area contributed by atoms with Gasteiger partial charge in [-0.2, -0.15) is 0 Å². The van der Waals surface area contributed by atoms with Crippen LogP contribution in [0.5, 0.6) is 0 Å². The summed E-state index contributed by atoms with van der Waals surface area (Å²) >= 11 is 1.69. The summed E-state index contributed by atoms with van der Waals surface area (Å²) in [4.78, 5) is 5.40. The van der Waals surface area contributed by atoms with Gasteiger partial charge in [-0.25, -0.2) is 0 Å². The highest BCUT2D eigenvalue weighted by atomic mass is 32.1. The van der Waals surface area contributed by atoms with Crippen molar-refractivity contribution in [1.29, 1.82) is 0 Å². The molecule has 2 rings (SSSR count). The molecule has 1 aliphatic rings. The minimum atomic E-state index is 0.294. The molecule has 1 N–H and O–H groups in total. The number of nitrogens with one attached hydrogen (secondary N) is 1. The number of thiazole rings is 1. The predicted molar refractivity (Wildman–Crippen MR) is 61.8 cm³/mol. The van der Waals surface area contributed by atoms with Crippen LogP contribution in [0.15, 0.2) is 23.5 Å². The Bertz CT molecular complexity index is 321. The average molecular weight is 224 g/mol. The molecule has 4 heteroatoms. The Labute approximate surface area is 94.2 Å². The van der Waals surface area contributed by atoms with E-state index in [2.05, 4.69) is 17.2 Å². The van der Waals surface area contributed by atoms with Gasteiger partial charge in [0.1, 0.15) is 0 Å². The molecule has 0 radical (unpaired) electrons. The largest absolute Gasteiger partial charge is 0.501 e. The van der Waals surface area contributed by atoms with Crippen LogP contribution < -0.4 is 5.32 Å². The van der Waals surface area contributed by atoms with E-state index in [1.807, 2.05) is 18.0 Å². The Balaban J connectivity index is 2.15. The second kappa shape index (κ2) is 5.28. The third kappa shape index (κ3) is 2.58. The minimum Gasteiger partial charge on any atom is -0.501 e. The number of hydrogen-bond acceptors (Lipinski definition) is 4. The molecule has 0 aromatic carbocycles. The number of aromatic nitrogens is 1. The summed E-state index contributed by atoms with van der Waals surface area (Å²) in [6.07, 6.45) is 6.09. The molecule has 0 bridgehead atoms. The van der Waals surface area contributed by atoms with E-state index < -0.39 is 0 Å². The lowest BCUT2D eigenvalue weighted by molar-refractivity contribution is 0.219. The van der Waals surface area contributed by atoms with Crippen LogP contribution in [0, 0.1) is 0 Å². The fourth-order valence-electron chi connectivity index (χ4n) is 1.78. The van der Waals surface area contributed by atoms with Crippen LogP contribution in [0.25, 0.3) is 0 Å². The van der Waals surface area contributed by atoms with Gasteiger partial charge in [0.2, 0.25) is 0 Å². The van der Waals surface area contributed by atoms with Gasteiger partial charge in [-0.3, -0.25) is 4.98 Å². The normalized spacial score (nSPS) is 18.1. The first-order valence-electron chi connectivity index (χ1n) is 5.34. The summed E-state index contributed by atoms with van der Waals surface area (Å²) < 4.78 is 5.39. The molecule has 0 aliphatic carbocycles. The Kier molecular flexibility index (Phi) is 3.75. The SMILES string of the molecule is CCNC(C1=COCCC1)c1cncs1. The van der Waals surface area contributed by atoms with Crippen LogP contribution in [0.1, 0.15) is 30.7 Å². The summed E-state index contributed by atoms with van der Waals surface area (Å²) in [6, 6.07) is 0.294. The van der Waals surface area contributed by atoms with Gasteiger partial charge in [-0.15, -0.1) is 11.3 Å². The Morgan fingerprint density at radius 3 is 3.20 bits per heavy atom. The van der Waals surface area contributed by atoms with Crippen molar-refractivity contribution >= 4 is 11.3 Å². The second-order valence-corrected chi connectivity index (χ2v) is 4.48. The monoisotopic (exact) mass is 224 g/mol. The molecule has 2 heterocycles. The highest BCUT2D eigenvalue weighted by Crippen LogP contribution is 2.29. The third-order valence-electron chi connectivity index (χ3n) is 2.48. The lowest BCUT2D eigenvalue weighted by atomic mass is 10.0. The summed E-state index contributed by atoms with van der Waals surface area (Å²) in [5.41, 5.74) is 3.22. The molecule has 3 nitrogen and oxygen atoms in total. The Hall–Kier alpha value is -0.870. The van der Waals surface area contributed by atoms with Crippen molar-refractivity contribution < 1.29 is 4.74 Å². The van der Waals surface area contributed by atoms with E-state index in [4.69, 9.17) is 4.74 Å². The zero-order valence-electron chi connectivity index (χ0n) is 8.90. The van der Waals surface area contributed by atoms with Crippen LogP contribution in [0.2, 0.25) is 0 Å². The van der Waals surface area contributed by atoms with Gasteiger partial charge in [0.25, 0.3) is 0 Å². The fraction of sp³-hybridized carbons (Fsp3) is 0.545. The van der Waals surface area contributed by atoms with E-state index >= 15 is 0 Å². The lowest BCUT2D eigenvalue weighted by Crippen LogP contribution is -2.23. The molecule has 1 unspecified atom stereocenters. The van der Waals surface area contributed by atoms with E-state index in [0.29, 0.717) is 6.04 Å². The summed E-state index contributed by atoms with van der Waals surface area (Å²) in [6.45, 7) is 3.93.